The van der Waals surface area contributed by atoms with Gasteiger partial charge in [0, 0.05) is 29.1 Å². The van der Waals surface area contributed by atoms with Gasteiger partial charge in [0.15, 0.2) is 18.1 Å². The van der Waals surface area contributed by atoms with Gasteiger partial charge in [-0.1, -0.05) is 31.9 Å². The van der Waals surface area contributed by atoms with Crippen LogP contribution in [-0.2, 0) is 14.3 Å². The van der Waals surface area contributed by atoms with E-state index >= 15 is 4.39 Å². The van der Waals surface area contributed by atoms with Crippen LogP contribution in [0.2, 0.25) is 0 Å². The zero-order chi connectivity index (χ0) is 26.8. The summed E-state index contributed by atoms with van der Waals surface area (Å²) >= 11 is 0. The summed E-state index contributed by atoms with van der Waals surface area (Å²) < 4.78 is 22.6. The normalized spacial score (nSPS) is 42.3. The number of carbonyl (C=O) groups excluding carboxylic acids is 3. The number of fused-ring (bicyclic) bond motifs is 5. The minimum absolute atomic E-state index is 0.120. The number of hydrogen-bond acceptors (Lipinski definition) is 7. The van der Waals surface area contributed by atoms with Gasteiger partial charge in [-0.25, -0.2) is 9.18 Å². The lowest BCUT2D eigenvalue weighted by molar-refractivity contribution is -0.220. The van der Waals surface area contributed by atoms with E-state index in [9.17, 15) is 24.6 Å². The first kappa shape index (κ1) is 25.9. The number of aromatic nitrogens is 1. The highest BCUT2D eigenvalue weighted by Crippen LogP contribution is 2.71. The van der Waals surface area contributed by atoms with E-state index in [1.54, 1.807) is 26.0 Å². The molecule has 2 unspecified atom stereocenters. The number of ketones is 2. The van der Waals surface area contributed by atoms with Crippen LogP contribution in [0.1, 0.15) is 63.2 Å². The van der Waals surface area contributed by atoms with Crippen LogP contribution in [0.15, 0.2) is 48.3 Å². The van der Waals surface area contributed by atoms with Crippen LogP contribution >= 0.6 is 0 Å². The molecule has 0 saturated heterocycles. The molecule has 4 aliphatic rings. The molecule has 0 bridgehead atoms. The van der Waals surface area contributed by atoms with Crippen molar-refractivity contribution in [3.63, 3.8) is 0 Å². The Bertz CT molecular complexity index is 1200. The number of aliphatic hydroxyl groups excluding tert-OH is 1. The lowest BCUT2D eigenvalue weighted by Gasteiger charge is -2.62. The van der Waals surface area contributed by atoms with E-state index in [0.29, 0.717) is 31.3 Å². The fourth-order valence-electron chi connectivity index (χ4n) is 8.19. The van der Waals surface area contributed by atoms with Crippen molar-refractivity contribution in [3.8, 4) is 0 Å². The first-order chi connectivity index (χ1) is 17.4. The highest BCUT2D eigenvalue weighted by Gasteiger charge is 2.75. The Morgan fingerprint density at radius 3 is 2.70 bits per heavy atom. The van der Waals surface area contributed by atoms with Gasteiger partial charge >= 0.3 is 5.97 Å². The van der Waals surface area contributed by atoms with E-state index in [2.05, 4.69) is 4.98 Å². The Kier molecular flexibility index (Phi) is 6.07. The zero-order valence-electron chi connectivity index (χ0n) is 21.4. The zero-order valence-corrected chi connectivity index (χ0v) is 21.4. The summed E-state index contributed by atoms with van der Waals surface area (Å²) in [6.07, 6.45) is 7.53. The Morgan fingerprint density at radius 1 is 1.27 bits per heavy atom. The molecule has 0 amide bonds. The van der Waals surface area contributed by atoms with Gasteiger partial charge in [0.25, 0.3) is 0 Å². The van der Waals surface area contributed by atoms with Crippen LogP contribution in [0, 0.1) is 28.6 Å². The van der Waals surface area contributed by atoms with Crippen molar-refractivity contribution in [3.05, 3.63) is 53.9 Å². The van der Waals surface area contributed by atoms with Crippen LogP contribution in [0.4, 0.5) is 4.39 Å². The molecule has 7 nitrogen and oxygen atoms in total. The first-order valence-corrected chi connectivity index (χ1v) is 13.1. The van der Waals surface area contributed by atoms with Crippen LogP contribution in [0.25, 0.3) is 0 Å². The van der Waals surface area contributed by atoms with Gasteiger partial charge < -0.3 is 14.9 Å². The van der Waals surface area contributed by atoms with Crippen LogP contribution in [0.5, 0.6) is 0 Å². The molecule has 8 heteroatoms. The molecule has 3 saturated carbocycles. The molecule has 37 heavy (non-hydrogen) atoms. The topological polar surface area (TPSA) is 114 Å². The third kappa shape index (κ3) is 3.37. The van der Waals surface area contributed by atoms with Gasteiger partial charge in [0.1, 0.15) is 5.60 Å². The Balaban J connectivity index is 1.47. The summed E-state index contributed by atoms with van der Waals surface area (Å²) in [5.41, 5.74) is -5.32. The highest BCUT2D eigenvalue weighted by atomic mass is 19.1. The lowest BCUT2D eigenvalue weighted by Crippen LogP contribution is -2.69. The molecule has 3 fully saturated rings. The molecule has 1 heterocycles. The number of Topliss-reactive ketones (excluding diaryl/α,β-unsaturated/α-hetero) is 1. The largest absolute Gasteiger partial charge is 0.454 e. The Labute approximate surface area is 215 Å². The summed E-state index contributed by atoms with van der Waals surface area (Å²) in [4.78, 5) is 42.0. The van der Waals surface area contributed by atoms with Crippen LogP contribution in [0.3, 0.4) is 0 Å². The Morgan fingerprint density at radius 2 is 2.03 bits per heavy atom. The number of hydrogen-bond donors (Lipinski definition) is 2. The number of aliphatic hydroxyl groups is 2. The molecule has 0 radical (unpaired) electrons. The number of pyridine rings is 1. The van der Waals surface area contributed by atoms with Crippen molar-refractivity contribution in [1.82, 2.24) is 4.98 Å². The standard InChI is InChI=1S/C29H34FNO6/c1-4-18-13-22-21-8-7-19-12-20(32)9-10-26(19,2)28(21,30)23(33)14-27(22,3)29(18,36)24(34)16-37-25(35)17-6-5-11-31-15-17/h5-6,9-12,15,18,21-23,33,36H,4,7-8,13-14,16H2,1-3H3/t18?,21-,22-,23?,26-,27-,28-,29-/m0/s1. The number of rotatable bonds is 5. The van der Waals surface area contributed by atoms with Crippen molar-refractivity contribution >= 4 is 17.5 Å². The monoisotopic (exact) mass is 511 g/mol. The molecule has 8 atom stereocenters. The molecule has 2 N–H and O–H groups in total. The molecular formula is C29H34FNO6. The van der Waals surface area contributed by atoms with Gasteiger partial charge in [-0.15, -0.1) is 0 Å². The minimum Gasteiger partial charge on any atom is -0.454 e. The maximum absolute atomic E-state index is 17.3. The van der Waals surface area contributed by atoms with Gasteiger partial charge in [-0.05, 0) is 68.7 Å². The molecule has 1 aromatic heterocycles. The second-order valence-corrected chi connectivity index (χ2v) is 11.6. The van der Waals surface area contributed by atoms with Crippen molar-refractivity contribution in [1.29, 1.82) is 0 Å². The van der Waals surface area contributed by atoms with E-state index < -0.39 is 58.4 Å². The molecule has 0 aromatic carbocycles. The molecule has 198 valence electrons. The maximum atomic E-state index is 17.3. The number of nitrogens with zero attached hydrogens (tertiary/aromatic N) is 1. The Hall–Kier alpha value is -2.71. The highest BCUT2D eigenvalue weighted by molar-refractivity contribution is 6.01. The predicted octanol–water partition coefficient (Wildman–Crippen LogP) is 3.55. The second kappa shape index (κ2) is 8.67. The van der Waals surface area contributed by atoms with E-state index in [0.717, 1.165) is 0 Å². The summed E-state index contributed by atoms with van der Waals surface area (Å²) in [6.45, 7) is 4.76. The van der Waals surface area contributed by atoms with Crippen molar-refractivity contribution in [2.75, 3.05) is 6.61 Å². The molecule has 5 rings (SSSR count). The molecule has 0 aliphatic heterocycles. The number of allylic oxidation sites excluding steroid dienone is 4. The third-order valence-electron chi connectivity index (χ3n) is 10.2. The number of alkyl halides is 1. The van der Waals surface area contributed by atoms with E-state index in [1.165, 1.54) is 30.6 Å². The average molecular weight is 512 g/mol. The molecule has 1 aromatic rings. The third-order valence-corrected chi connectivity index (χ3v) is 10.2. The number of esters is 1. The van der Waals surface area contributed by atoms with E-state index in [4.69, 9.17) is 4.74 Å². The maximum Gasteiger partial charge on any atom is 0.340 e. The number of carbonyl (C=O) groups is 3. The van der Waals surface area contributed by atoms with Gasteiger partial charge in [0.05, 0.1) is 11.7 Å². The quantitative estimate of drug-likeness (QED) is 0.581. The molecule has 0 spiro atoms. The number of halogens is 1. The number of ether oxygens (including phenoxy) is 1. The smallest absolute Gasteiger partial charge is 0.340 e. The fourth-order valence-corrected chi connectivity index (χ4v) is 8.19. The fraction of sp³-hybridized carbons (Fsp3) is 0.586. The van der Waals surface area contributed by atoms with Crippen molar-refractivity contribution in [2.24, 2.45) is 28.6 Å². The lowest BCUT2D eigenvalue weighted by atomic mass is 9.44. The average Bonchev–Trinajstić information content (AvgIpc) is 3.11. The summed E-state index contributed by atoms with van der Waals surface area (Å²) in [7, 11) is 0. The molecular weight excluding hydrogens is 477 g/mol. The minimum atomic E-state index is -2.04. The van der Waals surface area contributed by atoms with Crippen molar-refractivity contribution in [2.45, 2.75) is 70.2 Å². The first-order valence-electron chi connectivity index (χ1n) is 13.1. The van der Waals surface area contributed by atoms with E-state index in [1.807, 2.05) is 6.92 Å². The van der Waals surface area contributed by atoms with Gasteiger partial charge in [0.2, 0.25) is 5.78 Å². The van der Waals surface area contributed by atoms with Gasteiger partial charge in [-0.3, -0.25) is 14.6 Å². The summed E-state index contributed by atoms with van der Waals surface area (Å²) in [5.74, 6) is -3.01. The van der Waals surface area contributed by atoms with Gasteiger partial charge in [-0.2, -0.15) is 0 Å². The van der Waals surface area contributed by atoms with Crippen LogP contribution in [-0.4, -0.2) is 56.7 Å². The SMILES string of the molecule is CCC1C[C@H]2[C@@H]3CCC4=CC(=O)C=C[C@]4(C)[C@@]3(F)C(O)C[C@]2(C)[C@@]1(O)C(=O)COC(=O)c1cccnc1. The summed E-state index contributed by atoms with van der Waals surface area (Å²) in [5, 5.41) is 23.6. The van der Waals surface area contributed by atoms with Crippen molar-refractivity contribution < 1.29 is 33.7 Å². The summed E-state index contributed by atoms with van der Waals surface area (Å²) in [6, 6.07) is 3.10. The van der Waals surface area contributed by atoms with E-state index in [-0.39, 0.29) is 23.7 Å². The van der Waals surface area contributed by atoms with Crippen LogP contribution < -0.4 is 0 Å². The second-order valence-electron chi connectivity index (χ2n) is 11.6. The predicted molar refractivity (Wildman–Crippen MR) is 132 cm³/mol. The molecule has 4 aliphatic carbocycles.